The molecule has 0 bridgehead atoms. The molecule has 1 fully saturated rings. The topological polar surface area (TPSA) is 107 Å². The Morgan fingerprint density at radius 1 is 1.08 bits per heavy atom. The first-order valence-corrected chi connectivity index (χ1v) is 16.8. The number of nitrogens with two attached hydrogens (primary N) is 1. The molecule has 1 saturated heterocycles. The average Bonchev–Trinajstić information content (AvgIpc) is 3.37. The Balaban J connectivity index is 1.45. The van der Waals surface area contributed by atoms with Crippen molar-refractivity contribution in [2.75, 3.05) is 26.2 Å². The molecule has 0 spiro atoms. The van der Waals surface area contributed by atoms with Gasteiger partial charge in [-0.15, -0.1) is 34.7 Å². The molecule has 11 heteroatoms. The zero-order valence-corrected chi connectivity index (χ0v) is 24.1. The number of amides is 1. The van der Waals surface area contributed by atoms with Crippen LogP contribution in [0.3, 0.4) is 0 Å². The monoisotopic (exact) mass is 582 g/mol. The molecule has 0 aliphatic carbocycles. The molecule has 1 atom stereocenters. The lowest BCUT2D eigenvalue weighted by Crippen LogP contribution is -2.46. The Bertz CT molecular complexity index is 1430. The fraction of sp³-hybridized carbons (Fsp3) is 0.222. The summed E-state index contributed by atoms with van der Waals surface area (Å²) in [6.07, 6.45) is 0.607. The van der Waals surface area contributed by atoms with Crippen molar-refractivity contribution in [3.05, 3.63) is 94.5 Å². The Hall–Kier alpha value is -2.54. The Kier molecular flexibility index (Phi) is 8.32. The average molecular weight is 583 g/mol. The highest BCUT2D eigenvalue weighted by Crippen LogP contribution is 2.62. The number of aromatic nitrogens is 1. The maximum atomic E-state index is 13.2. The number of para-hydroxylation sites is 1. The molecule has 2 heterocycles. The van der Waals surface area contributed by atoms with Crippen LogP contribution in [0.2, 0.25) is 0 Å². The summed E-state index contributed by atoms with van der Waals surface area (Å²) in [5.41, 5.74) is 9.03. The number of nitrogens with zero attached hydrogens (tertiary/aromatic N) is 2. The molecule has 4 aromatic rings. The van der Waals surface area contributed by atoms with Crippen molar-refractivity contribution < 1.29 is 4.79 Å². The molecule has 5 rings (SSSR count). The van der Waals surface area contributed by atoms with Crippen LogP contribution >= 0.6 is 42.9 Å². The van der Waals surface area contributed by atoms with Crippen LogP contribution in [0, 0.1) is 5.41 Å². The summed E-state index contributed by atoms with van der Waals surface area (Å²) in [7, 11) is -2.12. The molecule has 1 amide bonds. The van der Waals surface area contributed by atoms with E-state index in [0.29, 0.717) is 30.6 Å². The number of fused-ring (bicyclic) bond motifs is 1. The number of nitrogen functional groups attached to an aromatic ring is 1. The van der Waals surface area contributed by atoms with Crippen LogP contribution in [0.1, 0.15) is 32.5 Å². The van der Waals surface area contributed by atoms with Crippen LogP contribution < -0.4 is 15.8 Å². The van der Waals surface area contributed by atoms with Crippen LogP contribution in [0.5, 0.6) is 0 Å². The standard InChI is InChI=1S/C27H30N6OS4/c28-25(29)19-6-3-5-18(15-19)16-23(26-31-22-9-1-2-10-24(22)37-26)32-38(35,36)21-8-4-7-20(17-21)27(34)33-13-11-30-12-14-33/h1-10,15,17,23,30,32,35-36H,11-14,16H2,(H3,28,29). The molecule has 1 aliphatic heterocycles. The minimum Gasteiger partial charge on any atom is -0.384 e. The molecule has 1 unspecified atom stereocenters. The minimum absolute atomic E-state index is 0.0222. The van der Waals surface area contributed by atoms with E-state index in [4.69, 9.17) is 39.4 Å². The fourth-order valence-corrected chi connectivity index (χ4v) is 8.27. The summed E-state index contributed by atoms with van der Waals surface area (Å²) in [5.74, 6) is 0.0552. The summed E-state index contributed by atoms with van der Waals surface area (Å²) in [6, 6.07) is 23.2. The molecule has 1 aliphatic rings. The maximum Gasteiger partial charge on any atom is 0.253 e. The van der Waals surface area contributed by atoms with Gasteiger partial charge in [-0.25, -0.2) is 4.98 Å². The lowest BCUT2D eigenvalue weighted by Gasteiger charge is -2.34. The minimum atomic E-state index is -2.12. The van der Waals surface area contributed by atoms with Crippen molar-refractivity contribution in [3.63, 3.8) is 0 Å². The SMILES string of the molecule is N=C(N)c1cccc(CC(NS(S)(S)c2cccc(C(=O)N3CCNCC3)c2)c2nc3ccccc3s2)c1. The van der Waals surface area contributed by atoms with E-state index in [9.17, 15) is 4.79 Å². The molecule has 198 valence electrons. The maximum absolute atomic E-state index is 13.2. The fourth-order valence-electron chi connectivity index (χ4n) is 4.44. The third kappa shape index (κ3) is 6.19. The normalized spacial score (nSPS) is 15.4. The van der Waals surface area contributed by atoms with E-state index in [1.54, 1.807) is 11.3 Å². The van der Waals surface area contributed by atoms with E-state index in [1.165, 1.54) is 0 Å². The second-order valence-corrected chi connectivity index (χ2v) is 16.1. The molecule has 0 radical (unpaired) electrons. The van der Waals surface area contributed by atoms with E-state index in [2.05, 4.69) is 16.1 Å². The van der Waals surface area contributed by atoms with Crippen molar-refractivity contribution in [1.82, 2.24) is 19.9 Å². The number of carbonyl (C=O) groups is 1. The number of hydrogen-bond acceptors (Lipinski definition) is 8. The number of amidine groups is 1. The highest BCUT2D eigenvalue weighted by Gasteiger charge is 2.27. The smallest absolute Gasteiger partial charge is 0.253 e. The van der Waals surface area contributed by atoms with E-state index in [1.807, 2.05) is 71.6 Å². The number of nitrogens with one attached hydrogen (secondary N) is 3. The van der Waals surface area contributed by atoms with Crippen molar-refractivity contribution in [2.45, 2.75) is 17.4 Å². The number of thiol groups is 2. The van der Waals surface area contributed by atoms with Gasteiger partial charge in [-0.2, -0.15) is 0 Å². The molecule has 1 aromatic heterocycles. The summed E-state index contributed by atoms with van der Waals surface area (Å²) in [6.45, 7) is 2.99. The zero-order chi connectivity index (χ0) is 26.7. The number of benzene rings is 3. The van der Waals surface area contributed by atoms with E-state index < -0.39 is 8.28 Å². The van der Waals surface area contributed by atoms with Crippen LogP contribution in [-0.2, 0) is 6.42 Å². The Morgan fingerprint density at radius 2 is 1.82 bits per heavy atom. The van der Waals surface area contributed by atoms with Crippen LogP contribution in [0.15, 0.2) is 77.7 Å². The molecule has 5 N–H and O–H groups in total. The molecule has 0 saturated carbocycles. The van der Waals surface area contributed by atoms with Gasteiger partial charge in [0.05, 0.1) is 16.3 Å². The van der Waals surface area contributed by atoms with Gasteiger partial charge in [0.1, 0.15) is 10.8 Å². The van der Waals surface area contributed by atoms with Crippen molar-refractivity contribution in [3.8, 4) is 0 Å². The Labute approximate surface area is 237 Å². The van der Waals surface area contributed by atoms with Gasteiger partial charge in [-0.1, -0.05) is 44.7 Å². The zero-order valence-electron chi connectivity index (χ0n) is 20.6. The van der Waals surface area contributed by atoms with E-state index in [-0.39, 0.29) is 17.8 Å². The number of rotatable bonds is 8. The van der Waals surface area contributed by atoms with Crippen LogP contribution in [0.25, 0.3) is 10.2 Å². The summed E-state index contributed by atoms with van der Waals surface area (Å²) >= 11 is 11.7. The highest BCUT2D eigenvalue weighted by atomic mass is 33.5. The lowest BCUT2D eigenvalue weighted by atomic mass is 10.0. The van der Waals surface area contributed by atoms with Crippen molar-refractivity contribution >= 4 is 64.9 Å². The summed E-state index contributed by atoms with van der Waals surface area (Å²) in [4.78, 5) is 20.8. The largest absolute Gasteiger partial charge is 0.384 e. The number of piperazine rings is 1. The molecule has 3 aromatic carbocycles. The summed E-state index contributed by atoms with van der Waals surface area (Å²) < 4.78 is 4.78. The molecule has 38 heavy (non-hydrogen) atoms. The number of hydrogen-bond donors (Lipinski definition) is 6. The molecular weight excluding hydrogens is 553 g/mol. The van der Waals surface area contributed by atoms with Crippen molar-refractivity contribution in [2.24, 2.45) is 5.73 Å². The summed E-state index contributed by atoms with van der Waals surface area (Å²) in [5, 5.41) is 12.0. The first-order chi connectivity index (χ1) is 18.3. The van der Waals surface area contributed by atoms with Gasteiger partial charge in [-0.3, -0.25) is 14.9 Å². The van der Waals surface area contributed by atoms with Crippen LogP contribution in [0.4, 0.5) is 0 Å². The van der Waals surface area contributed by atoms with Gasteiger partial charge >= 0.3 is 0 Å². The molecule has 7 nitrogen and oxygen atoms in total. The third-order valence-corrected chi connectivity index (χ3v) is 11.0. The van der Waals surface area contributed by atoms with Gasteiger partial charge in [0.2, 0.25) is 0 Å². The lowest BCUT2D eigenvalue weighted by molar-refractivity contribution is 0.0735. The first-order valence-electron chi connectivity index (χ1n) is 12.2. The van der Waals surface area contributed by atoms with Gasteiger partial charge in [-0.05, 0) is 48.4 Å². The van der Waals surface area contributed by atoms with Crippen LogP contribution in [-0.4, -0.2) is 47.8 Å². The third-order valence-electron chi connectivity index (χ3n) is 6.41. The van der Waals surface area contributed by atoms with E-state index in [0.717, 1.165) is 38.8 Å². The molecular formula is C27H30N6OS4. The quantitative estimate of drug-likeness (QED) is 0.0762. The second kappa shape index (κ2) is 11.7. The van der Waals surface area contributed by atoms with E-state index >= 15 is 0 Å². The predicted molar refractivity (Wildman–Crippen MR) is 166 cm³/mol. The van der Waals surface area contributed by atoms with Gasteiger partial charge < -0.3 is 16.0 Å². The van der Waals surface area contributed by atoms with Gasteiger partial charge in [0, 0.05) is 42.2 Å². The second-order valence-electron chi connectivity index (χ2n) is 9.13. The Morgan fingerprint density at radius 3 is 2.58 bits per heavy atom. The number of carbonyl (C=O) groups excluding carboxylic acids is 1. The van der Waals surface area contributed by atoms with Crippen molar-refractivity contribution in [1.29, 1.82) is 5.41 Å². The van der Waals surface area contributed by atoms with Gasteiger partial charge in [0.25, 0.3) is 5.91 Å². The van der Waals surface area contributed by atoms with Gasteiger partial charge in [0.15, 0.2) is 0 Å². The predicted octanol–water partition coefficient (Wildman–Crippen LogP) is 4.97. The highest BCUT2D eigenvalue weighted by molar-refractivity contribution is 9.17. The first kappa shape index (κ1) is 27.0. The number of thiazole rings is 1.